The zero-order valence-corrected chi connectivity index (χ0v) is 53.2. The maximum Gasteiger partial charge on any atom is 0.328 e. The van der Waals surface area contributed by atoms with Crippen LogP contribution in [0, 0.1) is 0 Å². The minimum atomic E-state index is -0.736. The number of hydrogen-bond acceptors (Lipinski definition) is 13. The van der Waals surface area contributed by atoms with Crippen molar-refractivity contribution in [3.05, 3.63) is 287 Å². The summed E-state index contributed by atoms with van der Waals surface area (Å²) in [5, 5.41) is 11.1. The Balaban J connectivity index is 0.000000255. The Morgan fingerprint density at radius 3 is 0.549 bits per heavy atom. The van der Waals surface area contributed by atoms with Gasteiger partial charge in [-0.2, -0.15) is 3.89 Å². The van der Waals surface area contributed by atoms with Gasteiger partial charge in [0.15, 0.2) is 0 Å². The molecule has 0 aromatic heterocycles. The fraction of sp³-hybridized carbons (Fsp3) is 0.233. The van der Waals surface area contributed by atoms with Crippen LogP contribution in [0.1, 0.15) is 115 Å². The minimum Gasteiger partial charge on any atom is -0.467 e. The number of hydrogen-bond donors (Lipinski definition) is 4. The molecule has 8 aromatic carbocycles. The van der Waals surface area contributed by atoms with E-state index in [-0.39, 0.29) is 59.4 Å². The van der Waals surface area contributed by atoms with Gasteiger partial charge in [0.25, 0.3) is 23.6 Å². The third-order valence-electron chi connectivity index (χ3n) is 14.4. The molecule has 0 bridgehead atoms. The summed E-state index contributed by atoms with van der Waals surface area (Å²) < 4.78 is 29.6. The highest BCUT2D eigenvalue weighted by Crippen LogP contribution is 2.24. The Labute approximate surface area is 537 Å². The van der Waals surface area contributed by atoms with Gasteiger partial charge in [-0.3, -0.25) is 19.2 Å². The van der Waals surface area contributed by atoms with Crippen LogP contribution in [-0.2, 0) is 38.1 Å². The van der Waals surface area contributed by atoms with Crippen molar-refractivity contribution in [2.45, 2.75) is 75.5 Å². The van der Waals surface area contributed by atoms with Crippen molar-refractivity contribution in [1.29, 1.82) is 0 Å². The molecule has 8 atom stereocenters. The topological polar surface area (TPSA) is 222 Å². The molecule has 0 aliphatic heterocycles. The fourth-order valence-electron chi connectivity index (χ4n) is 9.11. The highest BCUT2D eigenvalue weighted by atomic mass is 32.2. The molecule has 0 fully saturated rings. The average Bonchev–Trinajstić information content (AvgIpc) is 3.48. The Morgan fingerprint density at radius 1 is 0.286 bits per heavy atom. The van der Waals surface area contributed by atoms with Crippen molar-refractivity contribution in [3.63, 3.8) is 0 Å². The summed E-state index contributed by atoms with van der Waals surface area (Å²) in [6.45, 7) is 7.56. The number of rotatable bonds is 20. The Hall–Kier alpha value is -10.2. The third-order valence-corrected chi connectivity index (χ3v) is 14.4. The molecule has 0 radical (unpaired) electrons. The zero-order valence-electron chi connectivity index (χ0n) is 52.4. The molecule has 4 N–H and O–H groups in total. The quantitative estimate of drug-likeness (QED) is 0.0412. The summed E-state index contributed by atoms with van der Waals surface area (Å²) in [5.41, 5.74) is 5.90. The number of nitrogens with one attached hydrogen (secondary N) is 4. The van der Waals surface area contributed by atoms with E-state index in [9.17, 15) is 42.2 Å². The van der Waals surface area contributed by atoms with Crippen LogP contribution in [0.4, 0.5) is 3.89 Å². The SMILES string of the molecule is COC(=O)[C@@H](NC(=O)c1ccccc1)[C@H](C)c1ccccc1.COC(=O)[C@@H](NC(=O)c1ccccc1)[C@H](C)c1ccccc1.COC(=O)[C@H](NC(=O)c1ccccc1)[C@@H](C)c1ccccc1.COC(=O)[C@H](NC(=O)c1ccccc1)[C@@H](C)c1ccccc1.CSF. The molecule has 0 spiro atoms. The lowest BCUT2D eigenvalue weighted by Crippen LogP contribution is -2.44. The van der Waals surface area contributed by atoms with E-state index in [0.717, 1.165) is 22.3 Å². The normalized spacial score (nSPS) is 12.8. The van der Waals surface area contributed by atoms with Crippen LogP contribution in [0.15, 0.2) is 243 Å². The van der Waals surface area contributed by atoms with Crippen LogP contribution < -0.4 is 21.3 Å². The van der Waals surface area contributed by atoms with Crippen molar-refractivity contribution < 1.29 is 61.2 Å². The van der Waals surface area contributed by atoms with Gasteiger partial charge in [0.1, 0.15) is 24.2 Å². The van der Waals surface area contributed by atoms with E-state index in [1.165, 1.54) is 34.7 Å². The second-order valence-electron chi connectivity index (χ2n) is 20.3. The Bertz CT molecular complexity index is 3000. The zero-order chi connectivity index (χ0) is 66.5. The number of benzene rings is 8. The molecule has 0 saturated heterocycles. The first kappa shape index (κ1) is 73.3. The largest absolute Gasteiger partial charge is 0.467 e. The molecule has 4 amide bonds. The fourth-order valence-corrected chi connectivity index (χ4v) is 9.11. The van der Waals surface area contributed by atoms with Crippen molar-refractivity contribution in [2.75, 3.05) is 34.7 Å². The number of carbonyl (C=O) groups is 8. The first-order valence-electron chi connectivity index (χ1n) is 29.0. The van der Waals surface area contributed by atoms with E-state index in [1.807, 2.05) is 173 Å². The standard InChI is InChI=1S/4C18H19NO3.CH3FS/c4*1-13(14-9-5-3-6-10-14)16(18(21)22-2)19-17(20)15-11-7-4-8-12-15;1-3-2/h4*3-13,16H,1-2H3,(H,19,20);1H3/t4*13-,16+;/m1100./s1. The Kier molecular flexibility index (Phi) is 32.5. The van der Waals surface area contributed by atoms with Gasteiger partial charge in [-0.1, -0.05) is 222 Å². The molecular weight excluding hydrogens is 1180 g/mol. The second-order valence-corrected chi connectivity index (χ2v) is 20.6. The molecule has 0 heterocycles. The van der Waals surface area contributed by atoms with Gasteiger partial charge in [0, 0.05) is 64.3 Å². The van der Waals surface area contributed by atoms with Crippen LogP contribution in [-0.4, -0.2) is 106 Å². The van der Waals surface area contributed by atoms with Crippen molar-refractivity contribution in [3.8, 4) is 0 Å². The van der Waals surface area contributed by atoms with Gasteiger partial charge in [-0.05, 0) is 70.8 Å². The molecule has 0 aliphatic rings. The molecule has 0 unspecified atom stereocenters. The molecule has 91 heavy (non-hydrogen) atoms. The summed E-state index contributed by atoms with van der Waals surface area (Å²) >= 11 is 0.250. The van der Waals surface area contributed by atoms with Crippen LogP contribution >= 0.6 is 12.1 Å². The van der Waals surface area contributed by atoms with Crippen molar-refractivity contribution >= 4 is 59.7 Å². The molecule has 476 valence electrons. The Morgan fingerprint density at radius 2 is 0.418 bits per heavy atom. The van der Waals surface area contributed by atoms with E-state index >= 15 is 0 Å². The smallest absolute Gasteiger partial charge is 0.328 e. The first-order chi connectivity index (χ1) is 43.9. The van der Waals surface area contributed by atoms with E-state index in [1.54, 1.807) is 97.1 Å². The number of amides is 4. The van der Waals surface area contributed by atoms with Crippen LogP contribution in [0.2, 0.25) is 0 Å². The average molecular weight is 1260 g/mol. The highest BCUT2D eigenvalue weighted by molar-refractivity contribution is 7.93. The summed E-state index contributed by atoms with van der Waals surface area (Å²) in [7, 11) is 5.28. The monoisotopic (exact) mass is 1250 g/mol. The third kappa shape index (κ3) is 24.0. The van der Waals surface area contributed by atoms with E-state index < -0.39 is 48.0 Å². The van der Waals surface area contributed by atoms with Gasteiger partial charge in [0.05, 0.1) is 28.4 Å². The maximum absolute atomic E-state index is 12.3. The number of halogens is 1. The number of ether oxygens (including phenoxy) is 4. The lowest BCUT2D eigenvalue weighted by molar-refractivity contribution is -0.144. The molecule has 8 rings (SSSR count). The predicted molar refractivity (Wildman–Crippen MR) is 353 cm³/mol. The molecule has 16 nitrogen and oxygen atoms in total. The molecule has 8 aromatic rings. The molecule has 0 saturated carbocycles. The number of methoxy groups -OCH3 is 4. The van der Waals surface area contributed by atoms with Gasteiger partial charge in [-0.25, -0.2) is 19.2 Å². The summed E-state index contributed by atoms with van der Waals surface area (Å²) in [4.78, 5) is 97.4. The second kappa shape index (κ2) is 40.4. The van der Waals surface area contributed by atoms with Gasteiger partial charge < -0.3 is 40.2 Å². The van der Waals surface area contributed by atoms with Crippen molar-refractivity contribution in [2.24, 2.45) is 0 Å². The van der Waals surface area contributed by atoms with Crippen LogP contribution in [0.25, 0.3) is 0 Å². The number of carbonyl (C=O) groups excluding carboxylic acids is 8. The van der Waals surface area contributed by atoms with Crippen LogP contribution in [0.3, 0.4) is 0 Å². The summed E-state index contributed by atoms with van der Waals surface area (Å²) in [5.74, 6) is -3.78. The number of esters is 4. The lowest BCUT2D eigenvalue weighted by Gasteiger charge is -2.23. The maximum atomic E-state index is 12.3. The molecule has 0 aliphatic carbocycles. The molecular formula is C73H79FN4O12S. The lowest BCUT2D eigenvalue weighted by atomic mass is 9.93. The van der Waals surface area contributed by atoms with E-state index in [4.69, 9.17) is 18.9 Å². The highest BCUT2D eigenvalue weighted by Gasteiger charge is 2.33. The first-order valence-corrected chi connectivity index (χ1v) is 30.2. The van der Waals surface area contributed by atoms with Gasteiger partial charge >= 0.3 is 23.9 Å². The summed E-state index contributed by atoms with van der Waals surface area (Å²) in [6, 6.07) is 70.5. The van der Waals surface area contributed by atoms with E-state index in [2.05, 4.69) is 21.3 Å². The molecule has 18 heteroatoms. The van der Waals surface area contributed by atoms with Gasteiger partial charge in [-0.15, -0.1) is 0 Å². The minimum absolute atomic E-state index is 0.193. The summed E-state index contributed by atoms with van der Waals surface area (Å²) in [6.07, 6.45) is 1.38. The van der Waals surface area contributed by atoms with Crippen molar-refractivity contribution in [1.82, 2.24) is 21.3 Å². The van der Waals surface area contributed by atoms with E-state index in [0.29, 0.717) is 22.3 Å². The van der Waals surface area contributed by atoms with Crippen LogP contribution in [0.5, 0.6) is 0 Å². The predicted octanol–water partition coefficient (Wildman–Crippen LogP) is 12.3. The van der Waals surface area contributed by atoms with Gasteiger partial charge in [0.2, 0.25) is 0 Å².